The van der Waals surface area contributed by atoms with Crippen LogP contribution in [0.5, 0.6) is 0 Å². The third-order valence-corrected chi connectivity index (χ3v) is 12.1. The van der Waals surface area contributed by atoms with E-state index >= 15 is 0 Å². The van der Waals surface area contributed by atoms with Crippen molar-refractivity contribution in [3.8, 4) is 0 Å². The summed E-state index contributed by atoms with van der Waals surface area (Å²) in [6, 6.07) is 5.77. The van der Waals surface area contributed by atoms with E-state index in [9.17, 15) is 19.2 Å². The van der Waals surface area contributed by atoms with Crippen molar-refractivity contribution in [1.29, 1.82) is 0 Å². The largest absolute Gasteiger partial charge is 0.372 e. The average Bonchev–Trinajstić information content (AvgIpc) is 3.58. The molecule has 5 amide bonds. The number of amides is 5. The van der Waals surface area contributed by atoms with Crippen LogP contribution < -0.4 is 21.9 Å². The van der Waals surface area contributed by atoms with Gasteiger partial charge in [0.1, 0.15) is 6.04 Å². The van der Waals surface area contributed by atoms with Gasteiger partial charge < -0.3 is 24.5 Å². The monoisotopic (exact) mass is 767 g/mol. The zero-order chi connectivity index (χ0) is 40.3. The Kier molecular flexibility index (Phi) is 20.2. The van der Waals surface area contributed by atoms with Crippen LogP contribution in [0.25, 0.3) is 0 Å². The Hall–Kier alpha value is -3.48. The molecule has 5 saturated heterocycles. The Morgan fingerprint density at radius 3 is 1.84 bits per heavy atom. The van der Waals surface area contributed by atoms with E-state index in [0.29, 0.717) is 30.4 Å². The van der Waals surface area contributed by atoms with Crippen LogP contribution in [-0.2, 0) is 16.1 Å². The highest BCUT2D eigenvalue weighted by Crippen LogP contribution is 2.36. The SMILES string of the molecule is C/C=C\C.CC.CC.NN.O=C1CCC(N2Cc3cc(N4CCC(C5CCN(C(=O)N6CCC(CN7CCCCC7)CC6)CC5)CC4)ccc3C2=O)C(=O)N1. The molecule has 6 aliphatic heterocycles. The highest BCUT2D eigenvalue weighted by Gasteiger charge is 2.40. The summed E-state index contributed by atoms with van der Waals surface area (Å²) in [4.78, 5) is 61.4. The van der Waals surface area contributed by atoms with Crippen LogP contribution in [0, 0.1) is 17.8 Å². The summed E-state index contributed by atoms with van der Waals surface area (Å²) in [5, 5.41) is 2.38. The lowest BCUT2D eigenvalue weighted by Crippen LogP contribution is -2.52. The van der Waals surface area contributed by atoms with Gasteiger partial charge in [0.15, 0.2) is 0 Å². The second kappa shape index (κ2) is 24.2. The molecule has 12 heteroatoms. The Balaban J connectivity index is 0.000000743. The number of allylic oxidation sites excluding steroid dienone is 2. The maximum atomic E-state index is 13.4. The molecular formula is C43H74N8O4. The number of carbonyl (C=O) groups excluding carboxylic acids is 4. The minimum Gasteiger partial charge on any atom is -0.372 e. The molecule has 1 unspecified atom stereocenters. The summed E-state index contributed by atoms with van der Waals surface area (Å²) in [5.41, 5.74) is 2.78. The quantitative estimate of drug-likeness (QED) is 0.140. The number of nitrogens with one attached hydrogen (secondary N) is 1. The van der Waals surface area contributed by atoms with Gasteiger partial charge >= 0.3 is 6.03 Å². The van der Waals surface area contributed by atoms with E-state index < -0.39 is 6.04 Å². The summed E-state index contributed by atoms with van der Waals surface area (Å²) in [6.45, 7) is 21.8. The number of benzene rings is 1. The fourth-order valence-electron chi connectivity index (χ4n) is 8.96. The number of rotatable bonds is 5. The van der Waals surface area contributed by atoms with Gasteiger partial charge in [-0.2, -0.15) is 0 Å². The minimum absolute atomic E-state index is 0.119. The van der Waals surface area contributed by atoms with Crippen molar-refractivity contribution in [2.45, 2.75) is 125 Å². The molecule has 12 nitrogen and oxygen atoms in total. The molecule has 0 spiro atoms. The zero-order valence-corrected chi connectivity index (χ0v) is 35.1. The number of likely N-dealkylation sites (tertiary alicyclic amines) is 3. The Labute approximate surface area is 332 Å². The topological polar surface area (TPSA) is 149 Å². The van der Waals surface area contributed by atoms with E-state index in [-0.39, 0.29) is 30.2 Å². The van der Waals surface area contributed by atoms with Crippen molar-refractivity contribution in [3.63, 3.8) is 0 Å². The Morgan fingerprint density at radius 2 is 1.29 bits per heavy atom. The second-order valence-electron chi connectivity index (χ2n) is 15.1. The number of piperidine rings is 5. The van der Waals surface area contributed by atoms with Crippen molar-refractivity contribution in [1.82, 2.24) is 24.9 Å². The maximum absolute atomic E-state index is 13.4. The molecule has 0 radical (unpaired) electrons. The van der Waals surface area contributed by atoms with Gasteiger partial charge in [-0.25, -0.2) is 4.79 Å². The van der Waals surface area contributed by atoms with Gasteiger partial charge in [-0.15, -0.1) is 0 Å². The van der Waals surface area contributed by atoms with Gasteiger partial charge in [0, 0.05) is 70.0 Å². The minimum atomic E-state index is -0.579. The Morgan fingerprint density at radius 1 is 0.745 bits per heavy atom. The fourth-order valence-corrected chi connectivity index (χ4v) is 8.96. The standard InChI is InChI=1S/C35H50N6O4.C4H8.2C2H6.H4N2/c42-32-7-6-31(33(43)36-32)41-24-28-22-29(4-5-30(28)34(41)44)38-18-10-26(11-19-38)27-12-20-40(21-13-27)35(45)39-16-8-25(9-17-39)23-37-14-2-1-3-15-37;1-3-4-2;3*1-2/h4-5,22,25-27,31H,1-3,6-21,23-24H2,(H,36,42,43);3-4H,1-2H3;2*1-2H3;1-2H2/b;4-3-;;;. The van der Waals surface area contributed by atoms with Gasteiger partial charge in [0.25, 0.3) is 5.91 Å². The third kappa shape index (κ3) is 12.5. The van der Waals surface area contributed by atoms with E-state index in [4.69, 9.17) is 0 Å². The smallest absolute Gasteiger partial charge is 0.319 e. The molecule has 1 atom stereocenters. The van der Waals surface area contributed by atoms with E-state index in [0.717, 1.165) is 95.0 Å². The molecule has 6 heterocycles. The molecule has 0 aliphatic carbocycles. The molecule has 7 rings (SSSR count). The van der Waals surface area contributed by atoms with E-state index in [1.807, 2.05) is 65.8 Å². The lowest BCUT2D eigenvalue weighted by Gasteiger charge is -2.43. The van der Waals surface area contributed by atoms with Crippen LogP contribution in [-0.4, -0.2) is 108 Å². The van der Waals surface area contributed by atoms with Crippen molar-refractivity contribution in [2.24, 2.45) is 29.4 Å². The molecule has 55 heavy (non-hydrogen) atoms. The summed E-state index contributed by atoms with van der Waals surface area (Å²) in [6.07, 6.45) is 15.6. The lowest BCUT2D eigenvalue weighted by atomic mass is 9.78. The van der Waals surface area contributed by atoms with Gasteiger partial charge in [0.2, 0.25) is 11.8 Å². The van der Waals surface area contributed by atoms with E-state index in [2.05, 4.69) is 42.7 Å². The molecule has 0 bridgehead atoms. The van der Waals surface area contributed by atoms with Crippen molar-refractivity contribution < 1.29 is 19.2 Å². The number of urea groups is 1. The first-order chi connectivity index (χ1) is 26.8. The number of hydrogen-bond donors (Lipinski definition) is 3. The van der Waals surface area contributed by atoms with Gasteiger partial charge in [-0.1, -0.05) is 46.3 Å². The molecule has 310 valence electrons. The molecule has 1 aromatic carbocycles. The molecule has 6 aliphatic rings. The first-order valence-corrected chi connectivity index (χ1v) is 21.5. The molecule has 5 N–H and O–H groups in total. The number of imide groups is 1. The third-order valence-electron chi connectivity index (χ3n) is 12.1. The molecule has 0 aromatic heterocycles. The summed E-state index contributed by atoms with van der Waals surface area (Å²) in [5.74, 6) is 9.38. The van der Waals surface area contributed by atoms with Crippen LogP contribution in [0.2, 0.25) is 0 Å². The van der Waals surface area contributed by atoms with Crippen molar-refractivity contribution in [3.05, 3.63) is 41.5 Å². The number of nitrogens with two attached hydrogens (primary N) is 2. The normalized spacial score (nSPS) is 22.6. The van der Waals surface area contributed by atoms with E-state index in [1.54, 1.807) is 4.90 Å². The van der Waals surface area contributed by atoms with Crippen LogP contribution in [0.4, 0.5) is 10.5 Å². The summed E-state index contributed by atoms with van der Waals surface area (Å²) >= 11 is 0. The first-order valence-electron chi connectivity index (χ1n) is 21.5. The lowest BCUT2D eigenvalue weighted by molar-refractivity contribution is -0.136. The molecule has 5 fully saturated rings. The van der Waals surface area contributed by atoms with Gasteiger partial charge in [-0.3, -0.25) is 31.4 Å². The van der Waals surface area contributed by atoms with Crippen molar-refractivity contribution >= 4 is 29.4 Å². The Bertz CT molecular complexity index is 1350. The fraction of sp³-hybridized carbons (Fsp3) is 0.721. The summed E-state index contributed by atoms with van der Waals surface area (Å²) < 4.78 is 0. The van der Waals surface area contributed by atoms with Crippen LogP contribution in [0.15, 0.2) is 30.4 Å². The number of nitrogens with zero attached hydrogens (tertiary/aromatic N) is 5. The average molecular weight is 767 g/mol. The highest BCUT2D eigenvalue weighted by atomic mass is 16.2. The molecule has 0 saturated carbocycles. The van der Waals surface area contributed by atoms with Gasteiger partial charge in [-0.05, 0) is 126 Å². The van der Waals surface area contributed by atoms with E-state index in [1.165, 1.54) is 38.9 Å². The van der Waals surface area contributed by atoms with Crippen LogP contribution >= 0.6 is 0 Å². The van der Waals surface area contributed by atoms with Crippen molar-refractivity contribution in [2.75, 3.05) is 63.8 Å². The number of hydrogen-bond acceptors (Lipinski definition) is 8. The highest BCUT2D eigenvalue weighted by molar-refractivity contribution is 6.05. The molecular weight excluding hydrogens is 693 g/mol. The zero-order valence-electron chi connectivity index (χ0n) is 35.1. The number of fused-ring (bicyclic) bond motifs is 1. The maximum Gasteiger partial charge on any atom is 0.319 e. The van der Waals surface area contributed by atoms with Gasteiger partial charge in [0.05, 0.1) is 0 Å². The number of hydrazine groups is 1. The van der Waals surface area contributed by atoms with Crippen LogP contribution in [0.1, 0.15) is 128 Å². The predicted octanol–water partition coefficient (Wildman–Crippen LogP) is 6.15. The number of carbonyl (C=O) groups is 4. The summed E-state index contributed by atoms with van der Waals surface area (Å²) in [7, 11) is 0. The second-order valence-corrected chi connectivity index (χ2v) is 15.1. The predicted molar refractivity (Wildman–Crippen MR) is 223 cm³/mol. The van der Waals surface area contributed by atoms with Crippen LogP contribution in [0.3, 0.4) is 0 Å². The molecule has 1 aromatic rings. The number of anilines is 1. The first kappa shape index (κ1) is 45.9.